The van der Waals surface area contributed by atoms with Crippen LogP contribution in [0.3, 0.4) is 0 Å². The molecule has 16 heavy (non-hydrogen) atoms. The van der Waals surface area contributed by atoms with E-state index in [1.807, 2.05) is 24.3 Å². The number of pyridine rings is 2. The Morgan fingerprint density at radius 2 is 2.19 bits per heavy atom. The van der Waals surface area contributed by atoms with Crippen molar-refractivity contribution in [2.75, 3.05) is 0 Å². The Bertz CT molecular complexity index is 532. The maximum Gasteiger partial charge on any atom is 0.137 e. The fourth-order valence-corrected chi connectivity index (χ4v) is 1.67. The molecule has 78 valence electrons. The highest BCUT2D eigenvalue weighted by molar-refractivity contribution is 6.32. The van der Waals surface area contributed by atoms with Crippen LogP contribution in [0, 0.1) is 11.3 Å². The molecule has 2 rings (SSSR count). The Morgan fingerprint density at radius 3 is 2.81 bits per heavy atom. The highest BCUT2D eigenvalue weighted by atomic mass is 35.5. The van der Waals surface area contributed by atoms with E-state index in [-0.39, 0.29) is 6.42 Å². The summed E-state index contributed by atoms with van der Waals surface area (Å²) in [7, 11) is 0. The normalized spacial score (nSPS) is 9.75. The van der Waals surface area contributed by atoms with Gasteiger partial charge in [-0.3, -0.25) is 4.98 Å². The minimum Gasteiger partial charge on any atom is -0.264 e. The lowest BCUT2D eigenvalue weighted by molar-refractivity contribution is 1.12. The van der Waals surface area contributed by atoms with Gasteiger partial charge in [0.1, 0.15) is 5.15 Å². The number of aromatic nitrogens is 2. The molecule has 0 aromatic carbocycles. The SMILES string of the molecule is N#CCc1ccc(-c2cccnc2)c(Cl)n1. The summed E-state index contributed by atoms with van der Waals surface area (Å²) in [5, 5.41) is 8.96. The van der Waals surface area contributed by atoms with Crippen molar-refractivity contribution in [3.05, 3.63) is 47.5 Å². The summed E-state index contributed by atoms with van der Waals surface area (Å²) >= 11 is 6.05. The molecule has 0 bridgehead atoms. The van der Waals surface area contributed by atoms with Gasteiger partial charge in [0.15, 0.2) is 0 Å². The van der Waals surface area contributed by atoms with Crippen molar-refractivity contribution in [2.24, 2.45) is 0 Å². The topological polar surface area (TPSA) is 49.6 Å². The number of hydrogen-bond donors (Lipinski definition) is 0. The van der Waals surface area contributed by atoms with Gasteiger partial charge in [-0.05, 0) is 18.2 Å². The second-order valence-electron chi connectivity index (χ2n) is 3.22. The first-order chi connectivity index (χ1) is 7.81. The Kier molecular flexibility index (Phi) is 3.13. The third kappa shape index (κ3) is 2.18. The monoisotopic (exact) mass is 229 g/mol. The predicted octanol–water partition coefficient (Wildman–Crippen LogP) is 2.86. The van der Waals surface area contributed by atoms with E-state index >= 15 is 0 Å². The number of halogens is 1. The van der Waals surface area contributed by atoms with Crippen LogP contribution < -0.4 is 0 Å². The maximum absolute atomic E-state index is 8.55. The van der Waals surface area contributed by atoms with Crippen LogP contribution in [-0.4, -0.2) is 9.97 Å². The van der Waals surface area contributed by atoms with E-state index in [1.165, 1.54) is 0 Å². The van der Waals surface area contributed by atoms with Gasteiger partial charge in [-0.1, -0.05) is 17.7 Å². The van der Waals surface area contributed by atoms with E-state index in [2.05, 4.69) is 9.97 Å². The summed E-state index contributed by atoms with van der Waals surface area (Å²) in [6, 6.07) is 9.46. The van der Waals surface area contributed by atoms with E-state index in [0.29, 0.717) is 10.8 Å². The predicted molar refractivity (Wildman–Crippen MR) is 61.8 cm³/mol. The fraction of sp³-hybridized carbons (Fsp3) is 0.0833. The lowest BCUT2D eigenvalue weighted by Crippen LogP contribution is -1.90. The van der Waals surface area contributed by atoms with E-state index in [4.69, 9.17) is 16.9 Å². The molecule has 0 aliphatic carbocycles. The van der Waals surface area contributed by atoms with Crippen LogP contribution in [0.15, 0.2) is 36.7 Å². The average Bonchev–Trinajstić information content (AvgIpc) is 2.31. The largest absolute Gasteiger partial charge is 0.264 e. The molecule has 3 nitrogen and oxygen atoms in total. The zero-order valence-corrected chi connectivity index (χ0v) is 9.15. The summed E-state index contributed by atoms with van der Waals surface area (Å²) in [4.78, 5) is 8.18. The van der Waals surface area contributed by atoms with Gasteiger partial charge >= 0.3 is 0 Å². The molecule has 0 N–H and O–H groups in total. The lowest BCUT2D eigenvalue weighted by Gasteiger charge is -2.04. The maximum atomic E-state index is 8.55. The van der Waals surface area contributed by atoms with Gasteiger partial charge in [0.05, 0.1) is 18.2 Å². The zero-order chi connectivity index (χ0) is 11.4. The second-order valence-corrected chi connectivity index (χ2v) is 3.58. The molecule has 0 saturated heterocycles. The summed E-state index contributed by atoms with van der Waals surface area (Å²) in [5.41, 5.74) is 2.43. The molecule has 4 heteroatoms. The van der Waals surface area contributed by atoms with Crippen molar-refractivity contribution in [2.45, 2.75) is 6.42 Å². The first-order valence-electron chi connectivity index (χ1n) is 4.74. The van der Waals surface area contributed by atoms with Crippen molar-refractivity contribution in [3.8, 4) is 17.2 Å². The summed E-state index contributed by atoms with van der Waals surface area (Å²) < 4.78 is 0. The van der Waals surface area contributed by atoms with Crippen LogP contribution in [0.25, 0.3) is 11.1 Å². The molecule has 2 aromatic rings. The van der Waals surface area contributed by atoms with Crippen molar-refractivity contribution >= 4 is 11.6 Å². The fourth-order valence-electron chi connectivity index (χ4n) is 1.39. The highest BCUT2D eigenvalue weighted by Gasteiger charge is 2.05. The van der Waals surface area contributed by atoms with E-state index in [9.17, 15) is 0 Å². The molecule has 0 unspecified atom stereocenters. The zero-order valence-electron chi connectivity index (χ0n) is 8.39. The number of nitrogens with zero attached hydrogens (tertiary/aromatic N) is 3. The Morgan fingerprint density at radius 1 is 1.31 bits per heavy atom. The highest BCUT2D eigenvalue weighted by Crippen LogP contribution is 2.25. The van der Waals surface area contributed by atoms with Gasteiger partial charge < -0.3 is 0 Å². The number of hydrogen-bond acceptors (Lipinski definition) is 3. The summed E-state index contributed by atoms with van der Waals surface area (Å²) in [5.74, 6) is 0. The van der Waals surface area contributed by atoms with E-state index < -0.39 is 0 Å². The quantitative estimate of drug-likeness (QED) is 0.744. The van der Waals surface area contributed by atoms with Crippen LogP contribution in [0.2, 0.25) is 5.15 Å². The van der Waals surface area contributed by atoms with Crippen molar-refractivity contribution in [1.29, 1.82) is 5.26 Å². The lowest BCUT2D eigenvalue weighted by atomic mass is 10.1. The first-order valence-corrected chi connectivity index (χ1v) is 5.12. The van der Waals surface area contributed by atoms with Gasteiger partial charge in [-0.2, -0.15) is 5.26 Å². The van der Waals surface area contributed by atoms with Crippen molar-refractivity contribution in [3.63, 3.8) is 0 Å². The third-order valence-electron chi connectivity index (χ3n) is 2.14. The van der Waals surface area contributed by atoms with Gasteiger partial charge in [-0.25, -0.2) is 4.98 Å². The van der Waals surface area contributed by atoms with E-state index in [0.717, 1.165) is 11.1 Å². The molecule has 0 atom stereocenters. The molecule has 0 aliphatic heterocycles. The number of rotatable bonds is 2. The molecule has 2 aromatic heterocycles. The molecule has 0 radical (unpaired) electrons. The van der Waals surface area contributed by atoms with Gasteiger partial charge in [0, 0.05) is 23.5 Å². The van der Waals surface area contributed by atoms with Crippen LogP contribution in [0.5, 0.6) is 0 Å². The van der Waals surface area contributed by atoms with Crippen LogP contribution >= 0.6 is 11.6 Å². The van der Waals surface area contributed by atoms with Gasteiger partial charge in [0.25, 0.3) is 0 Å². The standard InChI is InChI=1S/C12H8ClN3/c13-12-11(9-2-1-7-15-8-9)4-3-10(16-12)5-6-14/h1-4,7-8H,5H2. The average molecular weight is 230 g/mol. The Balaban J connectivity index is 2.41. The molecule has 0 amide bonds. The smallest absolute Gasteiger partial charge is 0.137 e. The second kappa shape index (κ2) is 4.73. The minimum absolute atomic E-state index is 0.271. The van der Waals surface area contributed by atoms with Crippen molar-refractivity contribution in [1.82, 2.24) is 9.97 Å². The molecule has 0 aliphatic rings. The van der Waals surface area contributed by atoms with Gasteiger partial charge in [0.2, 0.25) is 0 Å². The Hall–Kier alpha value is -1.92. The summed E-state index contributed by atoms with van der Waals surface area (Å²) in [6.07, 6.45) is 3.70. The molecule has 0 spiro atoms. The Labute approximate surface area is 98.4 Å². The van der Waals surface area contributed by atoms with Crippen LogP contribution in [-0.2, 0) is 6.42 Å². The summed E-state index contributed by atoms with van der Waals surface area (Å²) in [6.45, 7) is 0. The number of nitriles is 1. The van der Waals surface area contributed by atoms with E-state index in [1.54, 1.807) is 18.5 Å². The van der Waals surface area contributed by atoms with Crippen molar-refractivity contribution < 1.29 is 0 Å². The van der Waals surface area contributed by atoms with Gasteiger partial charge in [-0.15, -0.1) is 0 Å². The molecular formula is C12H8ClN3. The third-order valence-corrected chi connectivity index (χ3v) is 2.43. The minimum atomic E-state index is 0.271. The molecule has 2 heterocycles. The molecular weight excluding hydrogens is 222 g/mol. The van der Waals surface area contributed by atoms with Crippen LogP contribution in [0.4, 0.5) is 0 Å². The first kappa shape index (κ1) is 10.6. The molecule has 0 fully saturated rings. The molecule has 0 saturated carbocycles. The van der Waals surface area contributed by atoms with Crippen LogP contribution in [0.1, 0.15) is 5.69 Å².